The molecule has 23 heavy (non-hydrogen) atoms. The zero-order valence-corrected chi connectivity index (χ0v) is 13.0. The number of hydrogen-bond donors (Lipinski definition) is 3. The highest BCUT2D eigenvalue weighted by Crippen LogP contribution is 2.19. The van der Waals surface area contributed by atoms with E-state index in [9.17, 15) is 14.4 Å². The molecule has 3 N–H and O–H groups in total. The lowest BCUT2D eigenvalue weighted by Gasteiger charge is -2.12. The number of benzene rings is 1. The molecule has 1 fully saturated rings. The molecule has 0 aromatic heterocycles. The van der Waals surface area contributed by atoms with Crippen LogP contribution in [0.4, 0.5) is 0 Å². The van der Waals surface area contributed by atoms with Gasteiger partial charge in [-0.3, -0.25) is 9.59 Å². The minimum Gasteiger partial charge on any atom is -0.479 e. The van der Waals surface area contributed by atoms with Gasteiger partial charge in [0.25, 0.3) is 5.91 Å². The van der Waals surface area contributed by atoms with Crippen molar-refractivity contribution in [3.05, 3.63) is 34.9 Å². The van der Waals surface area contributed by atoms with Crippen LogP contribution >= 0.6 is 11.6 Å². The summed E-state index contributed by atoms with van der Waals surface area (Å²) in [5.41, 5.74) is 0.476. The van der Waals surface area contributed by atoms with Crippen LogP contribution in [0.15, 0.2) is 24.3 Å². The fraction of sp³-hybridized carbons (Fsp3) is 0.400. The van der Waals surface area contributed by atoms with E-state index in [2.05, 4.69) is 10.6 Å². The number of carboxylic acid groups (broad SMARTS) is 1. The van der Waals surface area contributed by atoms with Gasteiger partial charge < -0.3 is 20.5 Å². The number of aliphatic carboxylic acids is 1. The van der Waals surface area contributed by atoms with Crippen molar-refractivity contribution in [2.75, 3.05) is 13.1 Å². The van der Waals surface area contributed by atoms with Gasteiger partial charge >= 0.3 is 5.97 Å². The smallest absolute Gasteiger partial charge is 0.332 e. The van der Waals surface area contributed by atoms with Gasteiger partial charge in [-0.15, -0.1) is 0 Å². The monoisotopic (exact) mass is 340 g/mol. The van der Waals surface area contributed by atoms with Gasteiger partial charge in [0.15, 0.2) is 6.10 Å². The van der Waals surface area contributed by atoms with Crippen molar-refractivity contribution in [1.82, 2.24) is 10.6 Å². The lowest BCUT2D eigenvalue weighted by molar-refractivity contribution is -0.151. The Hall–Kier alpha value is -2.12. The summed E-state index contributed by atoms with van der Waals surface area (Å²) in [7, 11) is 0. The molecular weight excluding hydrogens is 324 g/mol. The van der Waals surface area contributed by atoms with Crippen LogP contribution in [0.5, 0.6) is 0 Å². The van der Waals surface area contributed by atoms with Crippen molar-refractivity contribution in [3.63, 3.8) is 0 Å². The van der Waals surface area contributed by atoms with Crippen LogP contribution in [0.1, 0.15) is 23.2 Å². The Balaban J connectivity index is 1.67. The van der Waals surface area contributed by atoms with E-state index in [-0.39, 0.29) is 24.9 Å². The van der Waals surface area contributed by atoms with Crippen LogP contribution in [-0.2, 0) is 14.3 Å². The zero-order valence-electron chi connectivity index (χ0n) is 12.3. The van der Waals surface area contributed by atoms with Crippen molar-refractivity contribution >= 4 is 29.4 Å². The number of halogens is 1. The van der Waals surface area contributed by atoms with E-state index >= 15 is 0 Å². The Labute approximate surface area is 138 Å². The summed E-state index contributed by atoms with van der Waals surface area (Å²) in [6, 6.07) is 6.45. The standard InChI is InChI=1S/C15H17ClN2O5/c16-10-3-1-9(2-4-10)13(19)17-7-8-18-14(20)11-5-6-12(23-11)15(21)22/h1-4,11-12H,5-8H2,(H,17,19)(H,18,20)(H,21,22)/t11-,12+/m0/s1. The minimum atomic E-state index is -1.06. The van der Waals surface area contributed by atoms with Crippen molar-refractivity contribution in [3.8, 4) is 0 Å². The molecule has 2 rings (SSSR count). The van der Waals surface area contributed by atoms with Crippen LogP contribution in [-0.4, -0.2) is 48.2 Å². The van der Waals surface area contributed by atoms with E-state index in [1.165, 1.54) is 0 Å². The van der Waals surface area contributed by atoms with Gasteiger partial charge in [-0.1, -0.05) is 11.6 Å². The number of nitrogens with one attached hydrogen (secondary N) is 2. The molecule has 124 valence electrons. The summed E-state index contributed by atoms with van der Waals surface area (Å²) in [5.74, 6) is -1.69. The lowest BCUT2D eigenvalue weighted by atomic mass is 10.2. The summed E-state index contributed by atoms with van der Waals surface area (Å²) in [5, 5.41) is 14.6. The van der Waals surface area contributed by atoms with Crippen molar-refractivity contribution in [2.24, 2.45) is 0 Å². The quantitative estimate of drug-likeness (QED) is 0.665. The molecule has 0 bridgehead atoms. The van der Waals surface area contributed by atoms with Gasteiger partial charge in [0.05, 0.1) is 0 Å². The molecule has 2 amide bonds. The SMILES string of the molecule is O=C(NCCNC(=O)[C@@H]1CC[C@H](C(=O)O)O1)c1ccc(Cl)cc1. The summed E-state index contributed by atoms with van der Waals surface area (Å²) in [6.45, 7) is 0.484. The third-order valence-corrected chi connectivity index (χ3v) is 3.66. The molecule has 0 aliphatic carbocycles. The van der Waals surface area contributed by atoms with E-state index < -0.39 is 18.2 Å². The van der Waals surface area contributed by atoms with Crippen LogP contribution in [0, 0.1) is 0 Å². The van der Waals surface area contributed by atoms with Crippen molar-refractivity contribution in [2.45, 2.75) is 25.0 Å². The Bertz CT molecular complexity index is 590. The topological polar surface area (TPSA) is 105 Å². The molecule has 8 heteroatoms. The van der Waals surface area contributed by atoms with E-state index in [0.717, 1.165) is 0 Å². The molecule has 0 spiro atoms. The van der Waals surface area contributed by atoms with Gasteiger partial charge in [-0.25, -0.2) is 4.79 Å². The molecule has 0 radical (unpaired) electrons. The number of carbonyl (C=O) groups is 3. The molecule has 1 aliphatic rings. The Morgan fingerprint density at radius 2 is 1.70 bits per heavy atom. The first-order valence-electron chi connectivity index (χ1n) is 7.17. The van der Waals surface area contributed by atoms with E-state index in [1.54, 1.807) is 24.3 Å². The highest BCUT2D eigenvalue weighted by Gasteiger charge is 2.34. The van der Waals surface area contributed by atoms with Gasteiger partial charge in [0, 0.05) is 23.7 Å². The number of hydrogen-bond acceptors (Lipinski definition) is 4. The van der Waals surface area contributed by atoms with Gasteiger partial charge in [-0.05, 0) is 37.1 Å². The van der Waals surface area contributed by atoms with E-state index in [4.69, 9.17) is 21.4 Å². The van der Waals surface area contributed by atoms with Crippen LogP contribution in [0.2, 0.25) is 5.02 Å². The van der Waals surface area contributed by atoms with Crippen LogP contribution in [0.25, 0.3) is 0 Å². The maximum Gasteiger partial charge on any atom is 0.332 e. The molecule has 2 atom stereocenters. The normalized spacial score (nSPS) is 20.0. The highest BCUT2D eigenvalue weighted by molar-refractivity contribution is 6.30. The number of rotatable bonds is 6. The van der Waals surface area contributed by atoms with Crippen LogP contribution < -0.4 is 10.6 Å². The molecule has 1 heterocycles. The molecule has 1 aromatic carbocycles. The maximum absolute atomic E-state index is 11.8. The average molecular weight is 341 g/mol. The average Bonchev–Trinajstić information content (AvgIpc) is 3.02. The highest BCUT2D eigenvalue weighted by atomic mass is 35.5. The first kappa shape index (κ1) is 17.2. The van der Waals surface area contributed by atoms with Gasteiger partial charge in [0.1, 0.15) is 6.10 Å². The fourth-order valence-corrected chi connectivity index (χ4v) is 2.32. The van der Waals surface area contributed by atoms with E-state index in [0.29, 0.717) is 23.4 Å². The second-order valence-electron chi connectivity index (χ2n) is 5.08. The lowest BCUT2D eigenvalue weighted by Crippen LogP contribution is -2.40. The minimum absolute atomic E-state index is 0.232. The summed E-state index contributed by atoms with van der Waals surface area (Å²) in [6.07, 6.45) is -0.973. The summed E-state index contributed by atoms with van der Waals surface area (Å²) >= 11 is 5.74. The molecule has 1 aliphatic heterocycles. The molecular formula is C15H17ClN2O5. The summed E-state index contributed by atoms with van der Waals surface area (Å²) in [4.78, 5) is 34.4. The molecule has 1 aromatic rings. The molecule has 1 saturated heterocycles. The predicted octanol–water partition coefficient (Wildman–Crippen LogP) is 0.818. The van der Waals surface area contributed by atoms with Gasteiger partial charge in [0.2, 0.25) is 5.91 Å². The first-order chi connectivity index (χ1) is 11.0. The van der Waals surface area contributed by atoms with E-state index in [1.807, 2.05) is 0 Å². The Morgan fingerprint density at radius 3 is 2.30 bits per heavy atom. The van der Waals surface area contributed by atoms with Gasteiger partial charge in [-0.2, -0.15) is 0 Å². The fourth-order valence-electron chi connectivity index (χ4n) is 2.19. The molecule has 0 saturated carbocycles. The third-order valence-electron chi connectivity index (χ3n) is 3.40. The van der Waals surface area contributed by atoms with Crippen molar-refractivity contribution in [1.29, 1.82) is 0 Å². The zero-order chi connectivity index (χ0) is 16.8. The second-order valence-corrected chi connectivity index (χ2v) is 5.52. The maximum atomic E-state index is 11.8. The number of amides is 2. The molecule has 7 nitrogen and oxygen atoms in total. The van der Waals surface area contributed by atoms with Crippen molar-refractivity contribution < 1.29 is 24.2 Å². The Kier molecular flexibility index (Phi) is 5.95. The largest absolute Gasteiger partial charge is 0.479 e. The number of ether oxygens (including phenoxy) is 1. The second kappa shape index (κ2) is 7.94. The third kappa shape index (κ3) is 4.94. The number of carboxylic acids is 1. The predicted molar refractivity (Wildman–Crippen MR) is 82.3 cm³/mol. The molecule has 0 unspecified atom stereocenters. The van der Waals surface area contributed by atoms with Crippen LogP contribution in [0.3, 0.4) is 0 Å². The Morgan fingerprint density at radius 1 is 1.09 bits per heavy atom. The number of carbonyl (C=O) groups excluding carboxylic acids is 2. The summed E-state index contributed by atoms with van der Waals surface area (Å²) < 4.78 is 5.13. The first-order valence-corrected chi connectivity index (χ1v) is 7.55.